The molecule has 0 aliphatic carbocycles. The van der Waals surface area contributed by atoms with Crippen molar-refractivity contribution in [3.05, 3.63) is 0 Å². The van der Waals surface area contributed by atoms with Gasteiger partial charge in [-0.1, -0.05) is 19.8 Å². The Bertz CT molecular complexity index is 143. The van der Waals surface area contributed by atoms with E-state index < -0.39 is 0 Å². The van der Waals surface area contributed by atoms with Gasteiger partial charge in [-0.3, -0.25) is 0 Å². The number of rotatable bonds is 3. The second kappa shape index (κ2) is 10.4. The highest BCUT2D eigenvalue weighted by molar-refractivity contribution is 7.99. The number of hydrogen-bond donors (Lipinski definition) is 0. The maximum atomic E-state index is 5.83. The molecule has 1 heterocycles. The molecule has 0 aromatic rings. The van der Waals surface area contributed by atoms with Gasteiger partial charge in [0.2, 0.25) is 0 Å². The molecule has 4 heteroatoms. The smallest absolute Gasteiger partial charge is 0.0704 e. The molecule has 0 spiro atoms. The minimum absolute atomic E-state index is 0.396. The summed E-state index contributed by atoms with van der Waals surface area (Å²) in [6.07, 6.45) is 4.06. The van der Waals surface area contributed by atoms with Crippen LogP contribution in [-0.4, -0.2) is 50.6 Å². The van der Waals surface area contributed by atoms with Crippen molar-refractivity contribution in [3.63, 3.8) is 0 Å². The number of unbranched alkanes of at least 4 members (excludes halogenated alkanes) is 1. The second-order valence-corrected chi connectivity index (χ2v) is 5.08. The first-order valence-electron chi connectivity index (χ1n) is 6.28. The molecule has 1 atom stereocenters. The van der Waals surface area contributed by atoms with Gasteiger partial charge in [-0.25, -0.2) is 0 Å². The molecule has 0 aromatic carbocycles. The standard InChI is InChI=1S/C12H24O3S/c1-2-3-4-12-11-16-10-9-14-6-5-13-7-8-15-12/h12H,2-11H2,1H3. The summed E-state index contributed by atoms with van der Waals surface area (Å²) in [5, 5.41) is 0. The molecular formula is C12H24O3S. The van der Waals surface area contributed by atoms with Crippen LogP contribution in [0.2, 0.25) is 0 Å². The zero-order valence-corrected chi connectivity index (χ0v) is 11.1. The molecule has 96 valence electrons. The lowest BCUT2D eigenvalue weighted by atomic mass is 10.2. The molecule has 1 aliphatic heterocycles. The van der Waals surface area contributed by atoms with E-state index in [1.165, 1.54) is 19.3 Å². The highest BCUT2D eigenvalue weighted by Crippen LogP contribution is 2.12. The summed E-state index contributed by atoms with van der Waals surface area (Å²) in [5.41, 5.74) is 0. The van der Waals surface area contributed by atoms with Crippen LogP contribution >= 0.6 is 11.8 Å². The molecule has 0 aromatic heterocycles. The van der Waals surface area contributed by atoms with Crippen LogP contribution in [0.3, 0.4) is 0 Å². The van der Waals surface area contributed by atoms with Crippen molar-refractivity contribution in [2.45, 2.75) is 32.3 Å². The van der Waals surface area contributed by atoms with E-state index in [0.29, 0.717) is 25.9 Å². The summed E-state index contributed by atoms with van der Waals surface area (Å²) < 4.78 is 16.7. The normalized spacial score (nSPS) is 25.7. The maximum Gasteiger partial charge on any atom is 0.0704 e. The molecule has 0 amide bonds. The zero-order chi connectivity index (χ0) is 11.5. The summed E-state index contributed by atoms with van der Waals surface area (Å²) >= 11 is 1.94. The summed E-state index contributed by atoms with van der Waals surface area (Å²) in [5.74, 6) is 2.15. The van der Waals surface area contributed by atoms with Gasteiger partial charge in [0.15, 0.2) is 0 Å². The Kier molecular flexibility index (Phi) is 9.28. The summed E-state index contributed by atoms with van der Waals surface area (Å²) in [7, 11) is 0. The zero-order valence-electron chi connectivity index (χ0n) is 10.3. The lowest BCUT2D eigenvalue weighted by molar-refractivity contribution is -0.00702. The van der Waals surface area contributed by atoms with E-state index in [0.717, 1.165) is 24.7 Å². The van der Waals surface area contributed by atoms with Crippen molar-refractivity contribution in [1.29, 1.82) is 0 Å². The molecule has 1 aliphatic rings. The molecular weight excluding hydrogens is 224 g/mol. The largest absolute Gasteiger partial charge is 0.378 e. The molecule has 0 bridgehead atoms. The van der Waals surface area contributed by atoms with Crippen molar-refractivity contribution in [2.75, 3.05) is 44.5 Å². The molecule has 0 saturated carbocycles. The third kappa shape index (κ3) is 7.49. The average molecular weight is 248 g/mol. The van der Waals surface area contributed by atoms with Crippen LogP contribution in [0.5, 0.6) is 0 Å². The first-order valence-corrected chi connectivity index (χ1v) is 7.43. The fourth-order valence-corrected chi connectivity index (χ4v) is 2.50. The molecule has 16 heavy (non-hydrogen) atoms. The Labute approximate surface area is 103 Å². The Balaban J connectivity index is 2.19. The second-order valence-electron chi connectivity index (χ2n) is 3.93. The monoisotopic (exact) mass is 248 g/mol. The number of ether oxygens (including phenoxy) is 3. The number of hydrogen-bond acceptors (Lipinski definition) is 4. The van der Waals surface area contributed by atoms with Gasteiger partial charge in [0.25, 0.3) is 0 Å². The van der Waals surface area contributed by atoms with Crippen molar-refractivity contribution in [2.24, 2.45) is 0 Å². The van der Waals surface area contributed by atoms with E-state index in [9.17, 15) is 0 Å². The Morgan fingerprint density at radius 3 is 2.62 bits per heavy atom. The third-order valence-electron chi connectivity index (χ3n) is 2.51. The van der Waals surface area contributed by atoms with Crippen molar-refractivity contribution in [1.82, 2.24) is 0 Å². The van der Waals surface area contributed by atoms with E-state index in [4.69, 9.17) is 14.2 Å². The van der Waals surface area contributed by atoms with Crippen LogP contribution < -0.4 is 0 Å². The van der Waals surface area contributed by atoms with E-state index in [1.54, 1.807) is 0 Å². The average Bonchev–Trinajstić information content (AvgIpc) is 2.28. The highest BCUT2D eigenvalue weighted by atomic mass is 32.2. The van der Waals surface area contributed by atoms with Gasteiger partial charge < -0.3 is 14.2 Å². The first-order chi connectivity index (χ1) is 7.93. The van der Waals surface area contributed by atoms with E-state index in [-0.39, 0.29) is 0 Å². The molecule has 0 N–H and O–H groups in total. The van der Waals surface area contributed by atoms with Crippen molar-refractivity contribution < 1.29 is 14.2 Å². The fourth-order valence-electron chi connectivity index (χ4n) is 1.57. The topological polar surface area (TPSA) is 27.7 Å². The summed E-state index contributed by atoms with van der Waals surface area (Å²) in [4.78, 5) is 0. The van der Waals surface area contributed by atoms with Crippen LogP contribution in [0.4, 0.5) is 0 Å². The molecule has 0 radical (unpaired) electrons. The molecule has 1 unspecified atom stereocenters. The Morgan fingerprint density at radius 2 is 1.81 bits per heavy atom. The highest BCUT2D eigenvalue weighted by Gasteiger charge is 2.09. The van der Waals surface area contributed by atoms with Crippen LogP contribution in [0, 0.1) is 0 Å². The predicted molar refractivity (Wildman–Crippen MR) is 68.2 cm³/mol. The van der Waals surface area contributed by atoms with Gasteiger partial charge >= 0.3 is 0 Å². The Morgan fingerprint density at radius 1 is 1.06 bits per heavy atom. The fraction of sp³-hybridized carbons (Fsp3) is 1.00. The summed E-state index contributed by atoms with van der Waals surface area (Å²) in [6, 6.07) is 0. The van der Waals surface area contributed by atoms with Crippen LogP contribution in [0.1, 0.15) is 26.2 Å². The predicted octanol–water partition coefficient (Wildman–Crippen LogP) is 2.34. The minimum Gasteiger partial charge on any atom is -0.378 e. The Hall–Kier alpha value is 0.230. The van der Waals surface area contributed by atoms with E-state index in [2.05, 4.69) is 6.92 Å². The van der Waals surface area contributed by atoms with Crippen LogP contribution in [0.15, 0.2) is 0 Å². The lowest BCUT2D eigenvalue weighted by Gasteiger charge is -2.18. The lowest BCUT2D eigenvalue weighted by Crippen LogP contribution is -2.21. The maximum absolute atomic E-state index is 5.83. The molecule has 1 saturated heterocycles. The third-order valence-corrected chi connectivity index (χ3v) is 3.57. The van der Waals surface area contributed by atoms with Gasteiger partial charge in [-0.15, -0.1) is 0 Å². The van der Waals surface area contributed by atoms with Gasteiger partial charge in [-0.05, 0) is 6.42 Å². The van der Waals surface area contributed by atoms with Gasteiger partial charge in [-0.2, -0.15) is 11.8 Å². The van der Waals surface area contributed by atoms with E-state index in [1.807, 2.05) is 11.8 Å². The molecule has 3 nitrogen and oxygen atoms in total. The SMILES string of the molecule is CCCCC1CSCCOCCOCCO1. The molecule has 1 rings (SSSR count). The van der Waals surface area contributed by atoms with Crippen molar-refractivity contribution >= 4 is 11.8 Å². The molecule has 1 fully saturated rings. The van der Waals surface area contributed by atoms with Gasteiger partial charge in [0.1, 0.15) is 0 Å². The van der Waals surface area contributed by atoms with Crippen molar-refractivity contribution in [3.8, 4) is 0 Å². The minimum atomic E-state index is 0.396. The van der Waals surface area contributed by atoms with Crippen LogP contribution in [-0.2, 0) is 14.2 Å². The van der Waals surface area contributed by atoms with Gasteiger partial charge in [0, 0.05) is 11.5 Å². The number of thioether (sulfide) groups is 1. The van der Waals surface area contributed by atoms with E-state index >= 15 is 0 Å². The summed E-state index contributed by atoms with van der Waals surface area (Å²) in [6.45, 7) is 5.85. The first kappa shape index (κ1) is 14.3. The van der Waals surface area contributed by atoms with Gasteiger partial charge in [0.05, 0.1) is 39.1 Å². The van der Waals surface area contributed by atoms with Crippen LogP contribution in [0.25, 0.3) is 0 Å². The quantitative estimate of drug-likeness (QED) is 0.766.